The van der Waals surface area contributed by atoms with E-state index in [-0.39, 0.29) is 21.0 Å². The quantitative estimate of drug-likeness (QED) is 0.443. The number of hydrogen-bond donors (Lipinski definition) is 1. The van der Waals surface area contributed by atoms with Gasteiger partial charge in [-0.3, -0.25) is 0 Å². The fraction of sp³-hybridized carbons (Fsp3) is 0.167. The number of nitrogens with zero attached hydrogens (tertiary/aromatic N) is 2. The van der Waals surface area contributed by atoms with Gasteiger partial charge in [0.15, 0.2) is 0 Å². The van der Waals surface area contributed by atoms with Gasteiger partial charge in [0.05, 0.1) is 21.2 Å². The summed E-state index contributed by atoms with van der Waals surface area (Å²) in [6, 6.07) is 1.47. The number of aromatic nitrogens is 2. The number of nitrogen functional groups attached to an aromatic ring is 1. The summed E-state index contributed by atoms with van der Waals surface area (Å²) in [5, 5.41) is -0.527. The average molecular weight is 413 g/mol. The topological polar surface area (TPSA) is 51.8 Å². The second-order valence-electron chi connectivity index (χ2n) is 4.08. The summed E-state index contributed by atoms with van der Waals surface area (Å²) in [4.78, 5) is 6.53. The Labute approximate surface area is 146 Å². The SMILES string of the molecule is FC(F)(F)c1cnc(Cl)c(Cl)c1.Nc1ncc(C(F)(F)F)cc1Cl. The molecule has 0 aromatic carbocycles. The van der Waals surface area contributed by atoms with E-state index in [0.717, 1.165) is 12.1 Å². The molecule has 132 valence electrons. The molecule has 0 saturated carbocycles. The molecule has 0 amide bonds. The lowest BCUT2D eigenvalue weighted by atomic mass is 10.3. The van der Waals surface area contributed by atoms with Gasteiger partial charge in [0.2, 0.25) is 0 Å². The Hall–Kier alpha value is -1.45. The number of alkyl halides is 6. The molecular weight excluding hydrogens is 407 g/mol. The predicted molar refractivity (Wildman–Crippen MR) is 77.9 cm³/mol. The molecule has 0 saturated heterocycles. The highest BCUT2D eigenvalue weighted by molar-refractivity contribution is 6.41. The van der Waals surface area contributed by atoms with E-state index in [1.807, 2.05) is 0 Å². The van der Waals surface area contributed by atoms with E-state index in [0.29, 0.717) is 12.4 Å². The van der Waals surface area contributed by atoms with Crippen LogP contribution >= 0.6 is 34.8 Å². The Morgan fingerprint density at radius 1 is 0.750 bits per heavy atom. The Morgan fingerprint density at radius 2 is 1.17 bits per heavy atom. The zero-order chi connectivity index (χ0) is 18.7. The predicted octanol–water partition coefficient (Wildman–Crippen LogP) is 5.74. The highest BCUT2D eigenvalue weighted by Gasteiger charge is 2.32. The van der Waals surface area contributed by atoms with Gasteiger partial charge in [-0.1, -0.05) is 34.8 Å². The highest BCUT2D eigenvalue weighted by Crippen LogP contribution is 2.32. The Balaban J connectivity index is 0.000000240. The van der Waals surface area contributed by atoms with Crippen LogP contribution in [0.3, 0.4) is 0 Å². The molecule has 0 aliphatic heterocycles. The zero-order valence-electron chi connectivity index (χ0n) is 11.2. The average Bonchev–Trinajstić information content (AvgIpc) is 2.43. The third-order valence-electron chi connectivity index (χ3n) is 2.32. The van der Waals surface area contributed by atoms with Gasteiger partial charge in [-0.2, -0.15) is 26.3 Å². The van der Waals surface area contributed by atoms with E-state index < -0.39 is 23.5 Å². The molecule has 3 nitrogen and oxygen atoms in total. The van der Waals surface area contributed by atoms with Crippen molar-refractivity contribution in [1.82, 2.24) is 9.97 Å². The number of anilines is 1. The highest BCUT2D eigenvalue weighted by atomic mass is 35.5. The third-order valence-corrected chi connectivity index (χ3v) is 3.31. The second-order valence-corrected chi connectivity index (χ2v) is 5.26. The van der Waals surface area contributed by atoms with Gasteiger partial charge in [0.25, 0.3) is 0 Å². The van der Waals surface area contributed by atoms with E-state index in [1.54, 1.807) is 0 Å². The summed E-state index contributed by atoms with van der Waals surface area (Å²) in [6.45, 7) is 0. The van der Waals surface area contributed by atoms with Crippen molar-refractivity contribution in [2.24, 2.45) is 0 Å². The summed E-state index contributed by atoms with van der Waals surface area (Å²) >= 11 is 16.0. The van der Waals surface area contributed by atoms with Crippen LogP contribution in [-0.4, -0.2) is 9.97 Å². The number of halogens is 9. The van der Waals surface area contributed by atoms with E-state index in [2.05, 4.69) is 9.97 Å². The summed E-state index contributed by atoms with van der Waals surface area (Å²) in [6.07, 6.45) is -7.58. The van der Waals surface area contributed by atoms with Crippen molar-refractivity contribution in [3.05, 3.63) is 50.9 Å². The lowest BCUT2D eigenvalue weighted by Crippen LogP contribution is -2.06. The summed E-state index contributed by atoms with van der Waals surface area (Å²) in [5.74, 6) is -0.107. The van der Waals surface area contributed by atoms with Gasteiger partial charge in [0, 0.05) is 12.4 Å². The maximum Gasteiger partial charge on any atom is 0.417 e. The molecule has 0 aliphatic rings. The minimum absolute atomic E-state index is 0.107. The van der Waals surface area contributed by atoms with E-state index >= 15 is 0 Å². The fourth-order valence-corrected chi connectivity index (χ4v) is 1.62. The van der Waals surface area contributed by atoms with Crippen LogP contribution in [0.1, 0.15) is 11.1 Å². The van der Waals surface area contributed by atoms with E-state index in [4.69, 9.17) is 40.5 Å². The van der Waals surface area contributed by atoms with Crippen molar-refractivity contribution < 1.29 is 26.3 Å². The van der Waals surface area contributed by atoms with Crippen molar-refractivity contribution in [3.8, 4) is 0 Å². The third kappa shape index (κ3) is 5.88. The minimum atomic E-state index is -4.43. The van der Waals surface area contributed by atoms with Crippen molar-refractivity contribution in [3.63, 3.8) is 0 Å². The minimum Gasteiger partial charge on any atom is -0.382 e. The molecule has 12 heteroatoms. The standard InChI is InChI=1S/C6H2Cl2F3N.C6H4ClF3N2/c7-4-1-3(6(9,10)11)2-12-5(4)8;7-4-1-3(6(8,9)10)2-12-5(4)11/h1-2H;1-2H,(H2,11,12). The van der Waals surface area contributed by atoms with Crippen molar-refractivity contribution in [2.75, 3.05) is 5.73 Å². The first kappa shape index (κ1) is 20.6. The molecule has 0 bridgehead atoms. The van der Waals surface area contributed by atoms with Crippen LogP contribution in [0.2, 0.25) is 15.2 Å². The number of hydrogen-bond acceptors (Lipinski definition) is 3. The van der Waals surface area contributed by atoms with Gasteiger partial charge in [-0.15, -0.1) is 0 Å². The fourth-order valence-electron chi connectivity index (χ4n) is 1.18. The van der Waals surface area contributed by atoms with Crippen LogP contribution in [-0.2, 0) is 12.4 Å². The smallest absolute Gasteiger partial charge is 0.382 e. The van der Waals surface area contributed by atoms with Gasteiger partial charge in [-0.05, 0) is 12.1 Å². The molecule has 0 radical (unpaired) electrons. The molecule has 0 spiro atoms. The van der Waals surface area contributed by atoms with Crippen molar-refractivity contribution >= 4 is 40.6 Å². The molecular formula is C12H6Cl3F6N3. The molecule has 0 fully saturated rings. The van der Waals surface area contributed by atoms with Crippen LogP contribution in [0.5, 0.6) is 0 Å². The monoisotopic (exact) mass is 411 g/mol. The second kappa shape index (κ2) is 7.62. The number of pyridine rings is 2. The molecule has 0 unspecified atom stereocenters. The summed E-state index contributed by atoms with van der Waals surface area (Å²) in [7, 11) is 0. The van der Waals surface area contributed by atoms with Gasteiger partial charge >= 0.3 is 12.4 Å². The van der Waals surface area contributed by atoms with Crippen LogP contribution in [0.4, 0.5) is 32.2 Å². The molecule has 24 heavy (non-hydrogen) atoms. The normalized spacial score (nSPS) is 11.7. The summed E-state index contributed by atoms with van der Waals surface area (Å²) in [5.41, 5.74) is 3.31. The molecule has 2 heterocycles. The van der Waals surface area contributed by atoms with Crippen LogP contribution < -0.4 is 5.73 Å². The Bertz CT molecular complexity index is 657. The van der Waals surface area contributed by atoms with E-state index in [9.17, 15) is 26.3 Å². The van der Waals surface area contributed by atoms with Gasteiger partial charge < -0.3 is 5.73 Å². The molecule has 2 aromatic heterocycles. The van der Waals surface area contributed by atoms with Crippen LogP contribution in [0.15, 0.2) is 24.5 Å². The lowest BCUT2D eigenvalue weighted by molar-refractivity contribution is -0.138. The molecule has 2 N–H and O–H groups in total. The first-order valence-corrected chi connectivity index (χ1v) is 6.82. The largest absolute Gasteiger partial charge is 0.417 e. The van der Waals surface area contributed by atoms with Gasteiger partial charge in [0.1, 0.15) is 11.0 Å². The maximum atomic E-state index is 12.0. The zero-order valence-corrected chi connectivity index (χ0v) is 13.5. The first-order valence-electron chi connectivity index (χ1n) is 5.69. The maximum absolute atomic E-state index is 12.0. The van der Waals surface area contributed by atoms with Crippen molar-refractivity contribution in [1.29, 1.82) is 0 Å². The first-order chi connectivity index (χ1) is 10.8. The molecule has 2 rings (SSSR count). The van der Waals surface area contributed by atoms with Crippen LogP contribution in [0, 0.1) is 0 Å². The Kier molecular flexibility index (Phi) is 6.54. The Morgan fingerprint density at radius 3 is 1.54 bits per heavy atom. The number of nitrogens with two attached hydrogens (primary N) is 1. The lowest BCUT2D eigenvalue weighted by Gasteiger charge is -2.06. The number of rotatable bonds is 0. The summed E-state index contributed by atoms with van der Waals surface area (Å²) < 4.78 is 71.8. The molecule has 2 aromatic rings. The molecule has 0 atom stereocenters. The van der Waals surface area contributed by atoms with Crippen molar-refractivity contribution in [2.45, 2.75) is 12.4 Å². The molecule has 0 aliphatic carbocycles. The van der Waals surface area contributed by atoms with Gasteiger partial charge in [-0.25, -0.2) is 9.97 Å². The van der Waals surface area contributed by atoms with E-state index in [1.165, 1.54) is 0 Å². The van der Waals surface area contributed by atoms with Crippen LogP contribution in [0.25, 0.3) is 0 Å².